The number of hydrogen-bond donors (Lipinski definition) is 1. The SMILES string of the molecule is COC(=O)c1ccc(COC(CN)c2cccc(Cl)c2)cc1. The number of esters is 1. The summed E-state index contributed by atoms with van der Waals surface area (Å²) >= 11 is 5.98. The van der Waals surface area contributed by atoms with E-state index in [1.807, 2.05) is 36.4 Å². The topological polar surface area (TPSA) is 61.5 Å². The Labute approximate surface area is 134 Å². The van der Waals surface area contributed by atoms with Crippen LogP contribution in [0, 0.1) is 0 Å². The van der Waals surface area contributed by atoms with Crippen molar-refractivity contribution in [3.63, 3.8) is 0 Å². The van der Waals surface area contributed by atoms with Gasteiger partial charge < -0.3 is 15.2 Å². The molecule has 22 heavy (non-hydrogen) atoms. The Balaban J connectivity index is 2.00. The summed E-state index contributed by atoms with van der Waals surface area (Å²) in [4.78, 5) is 11.4. The van der Waals surface area contributed by atoms with Crippen LogP contribution in [0.3, 0.4) is 0 Å². The summed E-state index contributed by atoms with van der Waals surface area (Å²) in [7, 11) is 1.36. The van der Waals surface area contributed by atoms with Gasteiger partial charge in [-0.15, -0.1) is 0 Å². The molecule has 0 aliphatic heterocycles. The number of halogens is 1. The highest BCUT2D eigenvalue weighted by atomic mass is 35.5. The maximum absolute atomic E-state index is 11.4. The molecule has 0 bridgehead atoms. The second kappa shape index (κ2) is 7.94. The summed E-state index contributed by atoms with van der Waals surface area (Å²) < 4.78 is 10.5. The van der Waals surface area contributed by atoms with Crippen LogP contribution in [0.1, 0.15) is 27.6 Å². The molecule has 1 atom stereocenters. The van der Waals surface area contributed by atoms with E-state index in [4.69, 9.17) is 22.1 Å². The van der Waals surface area contributed by atoms with Gasteiger partial charge >= 0.3 is 5.97 Å². The van der Waals surface area contributed by atoms with Crippen LogP contribution >= 0.6 is 11.6 Å². The van der Waals surface area contributed by atoms with E-state index >= 15 is 0 Å². The molecule has 0 amide bonds. The molecule has 116 valence electrons. The second-order valence-electron chi connectivity index (χ2n) is 4.78. The van der Waals surface area contributed by atoms with Gasteiger partial charge in [0.2, 0.25) is 0 Å². The summed E-state index contributed by atoms with van der Waals surface area (Å²) in [5.74, 6) is -0.355. The van der Waals surface area contributed by atoms with E-state index in [9.17, 15) is 4.79 Å². The van der Waals surface area contributed by atoms with Crippen LogP contribution < -0.4 is 5.73 Å². The minimum absolute atomic E-state index is 0.223. The van der Waals surface area contributed by atoms with E-state index in [0.717, 1.165) is 11.1 Å². The number of ether oxygens (including phenoxy) is 2. The van der Waals surface area contributed by atoms with Gasteiger partial charge in [0.25, 0.3) is 0 Å². The summed E-state index contributed by atoms with van der Waals surface area (Å²) in [6, 6.07) is 14.5. The molecular weight excluding hydrogens is 302 g/mol. The Morgan fingerprint density at radius 1 is 1.23 bits per heavy atom. The lowest BCUT2D eigenvalue weighted by Crippen LogP contribution is -2.15. The van der Waals surface area contributed by atoms with Crippen molar-refractivity contribution in [3.8, 4) is 0 Å². The lowest BCUT2D eigenvalue weighted by Gasteiger charge is -2.17. The standard InChI is InChI=1S/C17H18ClNO3/c1-21-17(20)13-7-5-12(6-8-13)11-22-16(10-19)14-3-2-4-15(18)9-14/h2-9,16H,10-11,19H2,1H3. The van der Waals surface area contributed by atoms with Crippen LogP contribution in [-0.4, -0.2) is 19.6 Å². The van der Waals surface area contributed by atoms with E-state index in [0.29, 0.717) is 23.7 Å². The zero-order chi connectivity index (χ0) is 15.9. The van der Waals surface area contributed by atoms with Crippen LogP contribution in [0.5, 0.6) is 0 Å². The van der Waals surface area contributed by atoms with Crippen LogP contribution in [0.2, 0.25) is 5.02 Å². The molecule has 2 aromatic carbocycles. The number of carbonyl (C=O) groups excluding carboxylic acids is 1. The van der Waals surface area contributed by atoms with Crippen LogP contribution in [0.15, 0.2) is 48.5 Å². The number of nitrogens with two attached hydrogens (primary N) is 1. The van der Waals surface area contributed by atoms with E-state index in [1.54, 1.807) is 12.1 Å². The fourth-order valence-corrected chi connectivity index (χ4v) is 2.26. The van der Waals surface area contributed by atoms with Gasteiger partial charge in [-0.25, -0.2) is 4.79 Å². The van der Waals surface area contributed by atoms with Crippen molar-refractivity contribution in [2.24, 2.45) is 5.73 Å². The first-order valence-corrected chi connectivity index (χ1v) is 7.26. The maximum atomic E-state index is 11.4. The zero-order valence-corrected chi connectivity index (χ0v) is 13.0. The summed E-state index contributed by atoms with van der Waals surface area (Å²) in [5, 5.41) is 0.655. The molecule has 0 aliphatic rings. The molecule has 0 aromatic heterocycles. The smallest absolute Gasteiger partial charge is 0.337 e. The van der Waals surface area contributed by atoms with Crippen molar-refractivity contribution in [2.45, 2.75) is 12.7 Å². The minimum atomic E-state index is -0.355. The molecule has 0 heterocycles. The lowest BCUT2D eigenvalue weighted by atomic mass is 10.1. The summed E-state index contributed by atoms with van der Waals surface area (Å²) in [5.41, 5.74) is 8.18. The normalized spacial score (nSPS) is 12.0. The molecule has 0 saturated carbocycles. The Kier molecular flexibility index (Phi) is 5.95. The monoisotopic (exact) mass is 319 g/mol. The molecule has 2 N–H and O–H groups in total. The van der Waals surface area contributed by atoms with Crippen molar-refractivity contribution in [1.82, 2.24) is 0 Å². The predicted molar refractivity (Wildman–Crippen MR) is 85.8 cm³/mol. The van der Waals surface area contributed by atoms with Gasteiger partial charge in [0.05, 0.1) is 25.4 Å². The number of hydrogen-bond acceptors (Lipinski definition) is 4. The quantitative estimate of drug-likeness (QED) is 0.829. The Hall–Kier alpha value is -1.88. The van der Waals surface area contributed by atoms with Crippen molar-refractivity contribution < 1.29 is 14.3 Å². The first kappa shape index (κ1) is 16.5. The van der Waals surface area contributed by atoms with E-state index < -0.39 is 0 Å². The second-order valence-corrected chi connectivity index (χ2v) is 5.22. The van der Waals surface area contributed by atoms with E-state index in [-0.39, 0.29) is 12.1 Å². The minimum Gasteiger partial charge on any atom is -0.465 e. The predicted octanol–water partition coefficient (Wildman–Crippen LogP) is 3.34. The molecule has 5 heteroatoms. The van der Waals surface area contributed by atoms with Gasteiger partial charge in [-0.3, -0.25) is 0 Å². The van der Waals surface area contributed by atoms with Gasteiger partial charge in [0, 0.05) is 11.6 Å². The Bertz CT molecular complexity index is 628. The number of benzene rings is 2. The third kappa shape index (κ3) is 4.31. The zero-order valence-electron chi connectivity index (χ0n) is 12.3. The maximum Gasteiger partial charge on any atom is 0.337 e. The van der Waals surface area contributed by atoms with Gasteiger partial charge in [-0.05, 0) is 35.4 Å². The highest BCUT2D eigenvalue weighted by Crippen LogP contribution is 2.21. The molecular formula is C17H18ClNO3. The first-order valence-electron chi connectivity index (χ1n) is 6.88. The number of rotatable bonds is 6. The molecule has 4 nitrogen and oxygen atoms in total. The van der Waals surface area contributed by atoms with E-state index in [2.05, 4.69) is 4.74 Å². The third-order valence-electron chi connectivity index (χ3n) is 3.26. The fraction of sp³-hybridized carbons (Fsp3) is 0.235. The summed E-state index contributed by atoms with van der Waals surface area (Å²) in [6.07, 6.45) is -0.223. The molecule has 0 radical (unpaired) electrons. The molecule has 0 saturated heterocycles. The van der Waals surface area contributed by atoms with Gasteiger partial charge in [-0.1, -0.05) is 35.9 Å². The molecule has 2 aromatic rings. The van der Waals surface area contributed by atoms with Crippen LogP contribution in [0.4, 0.5) is 0 Å². The molecule has 1 unspecified atom stereocenters. The Morgan fingerprint density at radius 3 is 2.55 bits per heavy atom. The third-order valence-corrected chi connectivity index (χ3v) is 3.50. The van der Waals surface area contributed by atoms with Gasteiger partial charge in [0.15, 0.2) is 0 Å². The van der Waals surface area contributed by atoms with E-state index in [1.165, 1.54) is 7.11 Å². The van der Waals surface area contributed by atoms with Gasteiger partial charge in [-0.2, -0.15) is 0 Å². The lowest BCUT2D eigenvalue weighted by molar-refractivity contribution is 0.0456. The highest BCUT2D eigenvalue weighted by molar-refractivity contribution is 6.30. The molecule has 0 fully saturated rings. The van der Waals surface area contributed by atoms with Crippen LogP contribution in [-0.2, 0) is 16.1 Å². The van der Waals surface area contributed by atoms with Crippen LogP contribution in [0.25, 0.3) is 0 Å². The van der Waals surface area contributed by atoms with Gasteiger partial charge in [0.1, 0.15) is 0 Å². The molecule has 0 spiro atoms. The highest BCUT2D eigenvalue weighted by Gasteiger charge is 2.11. The fourth-order valence-electron chi connectivity index (χ4n) is 2.06. The Morgan fingerprint density at radius 2 is 1.95 bits per heavy atom. The largest absolute Gasteiger partial charge is 0.465 e. The van der Waals surface area contributed by atoms with Crippen molar-refractivity contribution in [3.05, 3.63) is 70.2 Å². The van der Waals surface area contributed by atoms with Crippen molar-refractivity contribution in [1.29, 1.82) is 0 Å². The summed E-state index contributed by atoms with van der Waals surface area (Å²) in [6.45, 7) is 0.760. The van der Waals surface area contributed by atoms with Crippen molar-refractivity contribution in [2.75, 3.05) is 13.7 Å². The molecule has 0 aliphatic carbocycles. The van der Waals surface area contributed by atoms with Crippen molar-refractivity contribution >= 4 is 17.6 Å². The number of carbonyl (C=O) groups is 1. The number of methoxy groups -OCH3 is 1. The average Bonchev–Trinajstić information content (AvgIpc) is 2.55. The molecule has 2 rings (SSSR count). The average molecular weight is 320 g/mol. The first-order chi connectivity index (χ1) is 10.6.